The molecular formula is C10H12ClFO2. The van der Waals surface area contributed by atoms with E-state index in [1.165, 1.54) is 20.1 Å². The number of aliphatic hydroxyl groups excluding tert-OH is 1. The summed E-state index contributed by atoms with van der Waals surface area (Å²) in [5.74, 6) is 0.490. The van der Waals surface area contributed by atoms with Crippen molar-refractivity contribution in [2.45, 2.75) is 12.6 Å². The van der Waals surface area contributed by atoms with E-state index in [9.17, 15) is 4.39 Å². The van der Waals surface area contributed by atoms with E-state index in [0.717, 1.165) is 0 Å². The van der Waals surface area contributed by atoms with Gasteiger partial charge in [0, 0.05) is 0 Å². The predicted octanol–water partition coefficient (Wildman–Crippen LogP) is 2.53. The first kappa shape index (κ1) is 11.3. The number of halogens is 2. The van der Waals surface area contributed by atoms with Gasteiger partial charge in [0.1, 0.15) is 5.75 Å². The van der Waals surface area contributed by atoms with Crippen LogP contribution in [-0.2, 0) is 5.67 Å². The van der Waals surface area contributed by atoms with E-state index in [4.69, 9.17) is 21.4 Å². The third kappa shape index (κ3) is 2.16. The van der Waals surface area contributed by atoms with Gasteiger partial charge in [-0.1, -0.05) is 17.7 Å². The molecule has 14 heavy (non-hydrogen) atoms. The molecule has 0 saturated carbocycles. The summed E-state index contributed by atoms with van der Waals surface area (Å²) in [6.07, 6.45) is 0. The molecule has 0 aliphatic carbocycles. The maximum absolute atomic E-state index is 13.6. The Bertz CT molecular complexity index is 326. The van der Waals surface area contributed by atoms with Crippen LogP contribution in [0.2, 0.25) is 5.02 Å². The highest BCUT2D eigenvalue weighted by Gasteiger charge is 2.25. The van der Waals surface area contributed by atoms with Crippen molar-refractivity contribution in [2.75, 3.05) is 13.7 Å². The van der Waals surface area contributed by atoms with E-state index in [-0.39, 0.29) is 0 Å². The molecule has 0 radical (unpaired) electrons. The van der Waals surface area contributed by atoms with Crippen LogP contribution in [0, 0.1) is 0 Å². The zero-order chi connectivity index (χ0) is 10.8. The molecule has 0 spiro atoms. The van der Waals surface area contributed by atoms with Gasteiger partial charge in [0.25, 0.3) is 0 Å². The maximum Gasteiger partial charge on any atom is 0.156 e. The van der Waals surface area contributed by atoms with Gasteiger partial charge < -0.3 is 9.84 Å². The summed E-state index contributed by atoms with van der Waals surface area (Å²) in [6.45, 7) is 0.723. The van der Waals surface area contributed by atoms with E-state index in [0.29, 0.717) is 16.3 Å². The Morgan fingerprint density at radius 1 is 1.57 bits per heavy atom. The third-order valence-electron chi connectivity index (χ3n) is 2.05. The second-order valence-corrected chi connectivity index (χ2v) is 3.61. The van der Waals surface area contributed by atoms with Crippen molar-refractivity contribution in [1.29, 1.82) is 0 Å². The van der Waals surface area contributed by atoms with Gasteiger partial charge >= 0.3 is 0 Å². The summed E-state index contributed by atoms with van der Waals surface area (Å²) in [4.78, 5) is 0. The lowest BCUT2D eigenvalue weighted by Gasteiger charge is -2.18. The van der Waals surface area contributed by atoms with Crippen LogP contribution in [0.3, 0.4) is 0 Å². The topological polar surface area (TPSA) is 29.5 Å². The average Bonchev–Trinajstić information content (AvgIpc) is 2.17. The fraction of sp³-hybridized carbons (Fsp3) is 0.400. The van der Waals surface area contributed by atoms with E-state index < -0.39 is 12.3 Å². The number of hydrogen-bond acceptors (Lipinski definition) is 2. The number of alkyl halides is 1. The molecule has 0 heterocycles. The normalized spacial score (nSPS) is 14.9. The molecule has 1 atom stereocenters. The second-order valence-electron chi connectivity index (χ2n) is 3.20. The molecule has 1 N–H and O–H groups in total. The lowest BCUT2D eigenvalue weighted by Crippen LogP contribution is -2.20. The number of ether oxygens (including phenoxy) is 1. The van der Waals surface area contributed by atoms with Crippen molar-refractivity contribution in [3.63, 3.8) is 0 Å². The molecule has 1 aromatic rings. The Morgan fingerprint density at radius 2 is 2.21 bits per heavy atom. The van der Waals surface area contributed by atoms with Gasteiger partial charge in [0.2, 0.25) is 0 Å². The summed E-state index contributed by atoms with van der Waals surface area (Å²) < 4.78 is 18.5. The summed E-state index contributed by atoms with van der Waals surface area (Å²) in [7, 11) is 1.49. The molecule has 0 aliphatic rings. The van der Waals surface area contributed by atoms with Crippen LogP contribution >= 0.6 is 11.6 Å². The zero-order valence-electron chi connectivity index (χ0n) is 8.05. The summed E-state index contributed by atoms with van der Waals surface area (Å²) in [5, 5.41) is 9.15. The monoisotopic (exact) mass is 218 g/mol. The van der Waals surface area contributed by atoms with Gasteiger partial charge in [-0.2, -0.15) is 0 Å². The minimum Gasteiger partial charge on any atom is -0.495 e. The van der Waals surface area contributed by atoms with Crippen LogP contribution in [0.1, 0.15) is 12.5 Å². The first-order valence-corrected chi connectivity index (χ1v) is 4.53. The molecular weight excluding hydrogens is 207 g/mol. The van der Waals surface area contributed by atoms with Crippen LogP contribution in [0.5, 0.6) is 5.75 Å². The minimum atomic E-state index is -1.77. The smallest absolute Gasteiger partial charge is 0.156 e. The predicted molar refractivity (Wildman–Crippen MR) is 53.5 cm³/mol. The Labute approximate surface area is 87.3 Å². The summed E-state index contributed by atoms with van der Waals surface area (Å²) >= 11 is 5.82. The van der Waals surface area contributed by atoms with Crippen LogP contribution in [0.15, 0.2) is 18.2 Å². The lowest BCUT2D eigenvalue weighted by atomic mass is 9.99. The van der Waals surface area contributed by atoms with Gasteiger partial charge in [-0.05, 0) is 24.6 Å². The quantitative estimate of drug-likeness (QED) is 0.845. The Hall–Kier alpha value is -0.800. The second kappa shape index (κ2) is 4.15. The molecule has 4 heteroatoms. The van der Waals surface area contributed by atoms with Crippen molar-refractivity contribution in [1.82, 2.24) is 0 Å². The molecule has 0 fully saturated rings. The maximum atomic E-state index is 13.6. The largest absolute Gasteiger partial charge is 0.495 e. The molecule has 2 nitrogen and oxygen atoms in total. The van der Waals surface area contributed by atoms with Crippen LogP contribution in [-0.4, -0.2) is 18.8 Å². The fourth-order valence-corrected chi connectivity index (χ4v) is 1.34. The molecule has 78 valence electrons. The highest BCUT2D eigenvalue weighted by Crippen LogP contribution is 2.31. The molecule has 1 unspecified atom stereocenters. The van der Waals surface area contributed by atoms with Crippen LogP contribution < -0.4 is 4.74 Å². The van der Waals surface area contributed by atoms with Crippen molar-refractivity contribution in [3.05, 3.63) is 28.8 Å². The van der Waals surface area contributed by atoms with Crippen molar-refractivity contribution < 1.29 is 14.2 Å². The van der Waals surface area contributed by atoms with Crippen LogP contribution in [0.25, 0.3) is 0 Å². The van der Waals surface area contributed by atoms with E-state index in [1.54, 1.807) is 12.1 Å². The molecule has 0 amide bonds. The average molecular weight is 219 g/mol. The summed E-state index contributed by atoms with van der Waals surface area (Å²) in [5.41, 5.74) is -1.43. The van der Waals surface area contributed by atoms with Gasteiger partial charge in [-0.15, -0.1) is 0 Å². The van der Waals surface area contributed by atoms with Crippen molar-refractivity contribution >= 4 is 11.6 Å². The van der Waals surface area contributed by atoms with Crippen LogP contribution in [0.4, 0.5) is 4.39 Å². The van der Waals surface area contributed by atoms with E-state index in [2.05, 4.69) is 0 Å². The molecule has 1 aromatic carbocycles. The van der Waals surface area contributed by atoms with E-state index in [1.807, 2.05) is 0 Å². The molecule has 0 aliphatic heterocycles. The summed E-state index contributed by atoms with van der Waals surface area (Å²) in [6, 6.07) is 4.57. The molecule has 0 saturated heterocycles. The number of aliphatic hydroxyl groups is 1. The van der Waals surface area contributed by atoms with Gasteiger partial charge in [-0.3, -0.25) is 0 Å². The number of benzene rings is 1. The lowest BCUT2D eigenvalue weighted by molar-refractivity contribution is 0.0867. The zero-order valence-corrected chi connectivity index (χ0v) is 8.81. The number of hydrogen-bond donors (Lipinski definition) is 1. The standard InChI is InChI=1S/C10H12ClFO2/c1-10(12,6-13)7-3-4-9(14-2)8(11)5-7/h3-5,13H,6H2,1-2H3. The highest BCUT2D eigenvalue weighted by molar-refractivity contribution is 6.32. The SMILES string of the molecule is COc1ccc(C(C)(F)CO)cc1Cl. The first-order valence-electron chi connectivity index (χ1n) is 4.15. The minimum absolute atomic E-state index is 0.335. The molecule has 0 bridgehead atoms. The Balaban J connectivity index is 3.08. The number of methoxy groups -OCH3 is 1. The highest BCUT2D eigenvalue weighted by atomic mass is 35.5. The van der Waals surface area contributed by atoms with Gasteiger partial charge in [0.15, 0.2) is 5.67 Å². The Morgan fingerprint density at radius 3 is 2.64 bits per heavy atom. The van der Waals surface area contributed by atoms with Gasteiger partial charge in [0.05, 0.1) is 18.7 Å². The Kier molecular flexibility index (Phi) is 3.34. The number of rotatable bonds is 3. The first-order chi connectivity index (χ1) is 6.51. The molecule has 1 rings (SSSR count). The molecule has 0 aromatic heterocycles. The fourth-order valence-electron chi connectivity index (χ4n) is 1.08. The van der Waals surface area contributed by atoms with Crippen molar-refractivity contribution in [3.8, 4) is 5.75 Å². The van der Waals surface area contributed by atoms with Crippen molar-refractivity contribution in [2.24, 2.45) is 0 Å². The third-order valence-corrected chi connectivity index (χ3v) is 2.35. The van der Waals surface area contributed by atoms with E-state index >= 15 is 0 Å². The van der Waals surface area contributed by atoms with Gasteiger partial charge in [-0.25, -0.2) is 4.39 Å².